The van der Waals surface area contributed by atoms with Crippen LogP contribution in [0, 0.1) is 13.8 Å². The predicted molar refractivity (Wildman–Crippen MR) is 107 cm³/mol. The summed E-state index contributed by atoms with van der Waals surface area (Å²) in [6, 6.07) is 17.9. The van der Waals surface area contributed by atoms with Crippen LogP contribution < -0.4 is 5.32 Å². The van der Waals surface area contributed by atoms with Crippen LogP contribution in [0.5, 0.6) is 0 Å². The first-order valence-electron chi connectivity index (χ1n) is 8.19. The Morgan fingerprint density at radius 2 is 1.77 bits per heavy atom. The molecule has 0 fully saturated rings. The Balaban J connectivity index is 1.74. The van der Waals surface area contributed by atoms with E-state index in [1.165, 1.54) is 0 Å². The summed E-state index contributed by atoms with van der Waals surface area (Å²) in [5, 5.41) is 7.49. The summed E-state index contributed by atoms with van der Waals surface area (Å²) in [6.07, 6.45) is 0. The Morgan fingerprint density at radius 3 is 2.38 bits per heavy atom. The van der Waals surface area contributed by atoms with Gasteiger partial charge in [0.1, 0.15) is 11.4 Å². The lowest BCUT2D eigenvalue weighted by Crippen LogP contribution is -2.16. The topological polar surface area (TPSA) is 55.1 Å². The lowest BCUT2D eigenvalue weighted by Gasteiger charge is -2.17. The van der Waals surface area contributed by atoms with Gasteiger partial charge >= 0.3 is 0 Å². The quantitative estimate of drug-likeness (QED) is 0.615. The number of aromatic nitrogens is 1. The van der Waals surface area contributed by atoms with Gasteiger partial charge in [-0.3, -0.25) is 4.79 Å². The van der Waals surface area contributed by atoms with Gasteiger partial charge in [0.2, 0.25) is 5.91 Å². The van der Waals surface area contributed by atoms with E-state index in [1.807, 2.05) is 42.5 Å². The zero-order chi connectivity index (χ0) is 18.5. The molecule has 3 rings (SSSR count). The van der Waals surface area contributed by atoms with E-state index >= 15 is 0 Å². The lowest BCUT2D eigenvalue weighted by molar-refractivity contribution is -0.113. The number of hydrogen-bond donors (Lipinski definition) is 1. The maximum absolute atomic E-state index is 12.4. The molecule has 1 heterocycles. The van der Waals surface area contributed by atoms with Crippen LogP contribution >= 0.6 is 23.4 Å². The predicted octanol–water partition coefficient (Wildman–Crippen LogP) is 5.41. The number of carbonyl (C=O) groups is 1. The molecule has 1 N–H and O–H groups in total. The molecule has 0 bridgehead atoms. The standard InChI is InChI=1S/C20H19ClN2O2S/c1-13-19(14(2)25-23-13)22-18(24)12-26-20(15-6-4-3-5-7-15)16-8-10-17(21)11-9-16/h3-11,20H,12H2,1-2H3,(H,22,24). The second-order valence-corrected chi connectivity index (χ2v) is 7.43. The van der Waals surface area contributed by atoms with E-state index in [0.717, 1.165) is 11.1 Å². The molecule has 1 unspecified atom stereocenters. The molecule has 0 aliphatic heterocycles. The zero-order valence-corrected chi connectivity index (χ0v) is 16.1. The van der Waals surface area contributed by atoms with Crippen molar-refractivity contribution in [3.8, 4) is 0 Å². The third-order valence-corrected chi connectivity index (χ3v) is 5.51. The van der Waals surface area contributed by atoms with Gasteiger partial charge in [-0.25, -0.2) is 0 Å². The van der Waals surface area contributed by atoms with Crippen molar-refractivity contribution in [2.45, 2.75) is 19.1 Å². The number of thioether (sulfide) groups is 1. The molecule has 4 nitrogen and oxygen atoms in total. The van der Waals surface area contributed by atoms with Crippen LogP contribution in [0.15, 0.2) is 59.1 Å². The number of rotatable bonds is 6. The smallest absolute Gasteiger partial charge is 0.234 e. The average Bonchev–Trinajstić information content (AvgIpc) is 2.96. The molecule has 0 saturated carbocycles. The highest BCUT2D eigenvalue weighted by Gasteiger charge is 2.18. The molecule has 6 heteroatoms. The van der Waals surface area contributed by atoms with E-state index in [1.54, 1.807) is 25.6 Å². The lowest BCUT2D eigenvalue weighted by atomic mass is 10.0. The number of amides is 1. The summed E-state index contributed by atoms with van der Waals surface area (Å²) in [4.78, 5) is 12.4. The minimum absolute atomic E-state index is 0.0453. The molecule has 1 aromatic heterocycles. The minimum Gasteiger partial charge on any atom is -0.359 e. The number of nitrogens with one attached hydrogen (secondary N) is 1. The summed E-state index contributed by atoms with van der Waals surface area (Å²) in [5.41, 5.74) is 3.58. The fourth-order valence-corrected chi connectivity index (χ4v) is 3.86. The normalized spacial score (nSPS) is 12.0. The summed E-state index contributed by atoms with van der Waals surface area (Å²) in [6.45, 7) is 3.59. The van der Waals surface area contributed by atoms with Crippen LogP contribution in [0.4, 0.5) is 5.69 Å². The number of hydrogen-bond acceptors (Lipinski definition) is 4. The maximum Gasteiger partial charge on any atom is 0.234 e. The monoisotopic (exact) mass is 386 g/mol. The fraction of sp³-hybridized carbons (Fsp3) is 0.200. The molecule has 2 aromatic carbocycles. The molecule has 0 saturated heterocycles. The van der Waals surface area contributed by atoms with Gasteiger partial charge in [0.05, 0.1) is 11.0 Å². The van der Waals surface area contributed by atoms with E-state index in [0.29, 0.717) is 27.9 Å². The van der Waals surface area contributed by atoms with E-state index < -0.39 is 0 Å². The number of carbonyl (C=O) groups excluding carboxylic acids is 1. The van der Waals surface area contributed by atoms with Gasteiger partial charge in [0.15, 0.2) is 5.76 Å². The molecular weight excluding hydrogens is 368 g/mol. The minimum atomic E-state index is -0.0840. The fourth-order valence-electron chi connectivity index (χ4n) is 2.65. The van der Waals surface area contributed by atoms with E-state index in [4.69, 9.17) is 16.1 Å². The van der Waals surface area contributed by atoms with E-state index in [2.05, 4.69) is 22.6 Å². The van der Waals surface area contributed by atoms with Crippen molar-refractivity contribution < 1.29 is 9.32 Å². The van der Waals surface area contributed by atoms with Crippen molar-refractivity contribution in [1.29, 1.82) is 0 Å². The first-order chi connectivity index (χ1) is 12.5. The molecule has 26 heavy (non-hydrogen) atoms. The maximum atomic E-state index is 12.4. The van der Waals surface area contributed by atoms with E-state index in [-0.39, 0.29) is 11.2 Å². The van der Waals surface area contributed by atoms with Gasteiger partial charge in [-0.2, -0.15) is 0 Å². The molecule has 0 aliphatic rings. The second-order valence-electron chi connectivity index (χ2n) is 5.90. The Labute approximate surface area is 161 Å². The summed E-state index contributed by atoms with van der Waals surface area (Å²) in [7, 11) is 0. The largest absolute Gasteiger partial charge is 0.359 e. The molecule has 0 spiro atoms. The first-order valence-corrected chi connectivity index (χ1v) is 9.62. The Hall–Kier alpha value is -2.24. The highest BCUT2D eigenvalue weighted by atomic mass is 35.5. The van der Waals surface area contributed by atoms with Crippen LogP contribution in [0.2, 0.25) is 5.02 Å². The third kappa shape index (κ3) is 4.48. The Kier molecular flexibility index (Phi) is 6.01. The second kappa shape index (κ2) is 8.43. The Morgan fingerprint density at radius 1 is 1.12 bits per heavy atom. The molecule has 134 valence electrons. The van der Waals surface area contributed by atoms with Crippen molar-refractivity contribution in [2.75, 3.05) is 11.1 Å². The molecule has 3 aromatic rings. The average molecular weight is 387 g/mol. The summed E-state index contributed by atoms with van der Waals surface area (Å²) < 4.78 is 5.09. The SMILES string of the molecule is Cc1noc(C)c1NC(=O)CSC(c1ccccc1)c1ccc(Cl)cc1. The third-order valence-electron chi connectivity index (χ3n) is 3.95. The first kappa shape index (κ1) is 18.5. The van der Waals surface area contributed by atoms with Gasteiger partial charge in [0.25, 0.3) is 0 Å². The number of benzene rings is 2. The van der Waals surface area contributed by atoms with Gasteiger partial charge < -0.3 is 9.84 Å². The van der Waals surface area contributed by atoms with Gasteiger partial charge in [-0.15, -0.1) is 11.8 Å². The van der Waals surface area contributed by atoms with Crippen LogP contribution in [0.25, 0.3) is 0 Å². The molecule has 0 aliphatic carbocycles. The summed E-state index contributed by atoms with van der Waals surface area (Å²) in [5.74, 6) is 0.837. The van der Waals surface area contributed by atoms with Crippen molar-refractivity contribution in [2.24, 2.45) is 0 Å². The summed E-state index contributed by atoms with van der Waals surface area (Å²) >= 11 is 7.58. The molecule has 1 atom stereocenters. The van der Waals surface area contributed by atoms with E-state index in [9.17, 15) is 4.79 Å². The van der Waals surface area contributed by atoms with Gasteiger partial charge in [-0.1, -0.05) is 59.2 Å². The zero-order valence-electron chi connectivity index (χ0n) is 14.5. The number of halogens is 1. The number of nitrogens with zero attached hydrogens (tertiary/aromatic N) is 1. The molecule has 0 radical (unpaired) electrons. The van der Waals surface area contributed by atoms with Crippen molar-refractivity contribution in [3.05, 3.63) is 82.2 Å². The van der Waals surface area contributed by atoms with Crippen molar-refractivity contribution >= 4 is 35.0 Å². The van der Waals surface area contributed by atoms with Gasteiger partial charge in [-0.05, 0) is 37.1 Å². The number of aryl methyl sites for hydroxylation is 2. The van der Waals surface area contributed by atoms with Crippen LogP contribution in [0.1, 0.15) is 27.8 Å². The van der Waals surface area contributed by atoms with Crippen LogP contribution in [0.3, 0.4) is 0 Å². The molecule has 1 amide bonds. The highest BCUT2D eigenvalue weighted by molar-refractivity contribution is 8.00. The molecular formula is C20H19ClN2O2S. The van der Waals surface area contributed by atoms with Crippen molar-refractivity contribution in [3.63, 3.8) is 0 Å². The van der Waals surface area contributed by atoms with Crippen LogP contribution in [-0.2, 0) is 4.79 Å². The Bertz CT molecular complexity index is 859. The van der Waals surface area contributed by atoms with Crippen LogP contribution in [-0.4, -0.2) is 16.8 Å². The van der Waals surface area contributed by atoms with Gasteiger partial charge in [0, 0.05) is 5.02 Å². The highest BCUT2D eigenvalue weighted by Crippen LogP contribution is 2.36. The number of anilines is 1. The van der Waals surface area contributed by atoms with Crippen molar-refractivity contribution in [1.82, 2.24) is 5.16 Å².